The van der Waals surface area contributed by atoms with Gasteiger partial charge in [-0.05, 0) is 31.2 Å². The Labute approximate surface area is 125 Å². The summed E-state index contributed by atoms with van der Waals surface area (Å²) in [5.41, 5.74) is 1.06. The molecule has 0 aliphatic heterocycles. The van der Waals surface area contributed by atoms with Crippen LogP contribution in [0, 0.1) is 17.8 Å². The van der Waals surface area contributed by atoms with Gasteiger partial charge in [0, 0.05) is 7.05 Å². The van der Waals surface area contributed by atoms with Gasteiger partial charge in [0.15, 0.2) is 0 Å². The minimum atomic E-state index is -0.849. The van der Waals surface area contributed by atoms with Gasteiger partial charge in [-0.15, -0.1) is 0 Å². The fourth-order valence-electron chi connectivity index (χ4n) is 3.25. The van der Waals surface area contributed by atoms with E-state index < -0.39 is 17.8 Å². The van der Waals surface area contributed by atoms with Gasteiger partial charge < -0.3 is 10.0 Å². The van der Waals surface area contributed by atoms with Crippen LogP contribution in [0.3, 0.4) is 0 Å². The van der Waals surface area contributed by atoms with Gasteiger partial charge in [-0.3, -0.25) is 9.59 Å². The number of amides is 1. The normalized spacial score (nSPS) is 26.3. The zero-order valence-corrected chi connectivity index (χ0v) is 12.8. The smallest absolute Gasteiger partial charge is 0.307 e. The topological polar surface area (TPSA) is 57.6 Å². The van der Waals surface area contributed by atoms with Gasteiger partial charge in [0.05, 0.1) is 17.9 Å². The second-order valence-electron chi connectivity index (χ2n) is 6.16. The SMILES string of the molecule is CC1C[C@H](C(=O)N(C)C(C)c2ccccc2)[C@H](C(=O)O)C1. The van der Waals surface area contributed by atoms with E-state index in [0.29, 0.717) is 18.8 Å². The lowest BCUT2D eigenvalue weighted by Crippen LogP contribution is -2.38. The number of carboxylic acids is 1. The van der Waals surface area contributed by atoms with Crippen LogP contribution >= 0.6 is 0 Å². The van der Waals surface area contributed by atoms with E-state index in [4.69, 9.17) is 0 Å². The number of carbonyl (C=O) groups excluding carboxylic acids is 1. The lowest BCUT2D eigenvalue weighted by atomic mass is 9.94. The molecule has 1 N–H and O–H groups in total. The van der Waals surface area contributed by atoms with Gasteiger partial charge in [-0.1, -0.05) is 37.3 Å². The predicted octanol–water partition coefficient (Wildman–Crippen LogP) is 2.95. The van der Waals surface area contributed by atoms with Crippen LogP contribution < -0.4 is 0 Å². The summed E-state index contributed by atoms with van der Waals surface area (Å²) >= 11 is 0. The van der Waals surface area contributed by atoms with Crippen LogP contribution in [0.25, 0.3) is 0 Å². The molecule has 2 rings (SSSR count). The number of hydrogen-bond donors (Lipinski definition) is 1. The highest BCUT2D eigenvalue weighted by Crippen LogP contribution is 2.38. The molecule has 0 saturated heterocycles. The first-order valence-electron chi connectivity index (χ1n) is 7.46. The Morgan fingerprint density at radius 2 is 1.76 bits per heavy atom. The summed E-state index contributed by atoms with van der Waals surface area (Å²) in [7, 11) is 1.77. The standard InChI is InChI=1S/C17H23NO3/c1-11-9-14(15(10-11)17(20)21)16(19)18(3)12(2)13-7-5-4-6-8-13/h4-8,11-12,14-15H,9-10H2,1-3H3,(H,20,21)/t11?,12?,14-,15+/m0/s1. The minimum absolute atomic E-state index is 0.0518. The quantitative estimate of drug-likeness (QED) is 0.927. The number of hydrogen-bond acceptors (Lipinski definition) is 2. The van der Waals surface area contributed by atoms with Crippen LogP contribution in [-0.4, -0.2) is 28.9 Å². The molecule has 2 unspecified atom stereocenters. The fourth-order valence-corrected chi connectivity index (χ4v) is 3.25. The second-order valence-corrected chi connectivity index (χ2v) is 6.16. The number of carboxylic acid groups (broad SMARTS) is 1. The molecule has 0 aromatic heterocycles. The molecule has 1 aromatic rings. The van der Waals surface area contributed by atoms with E-state index in [0.717, 1.165) is 5.56 Å². The van der Waals surface area contributed by atoms with E-state index in [-0.39, 0.29) is 11.9 Å². The number of nitrogens with zero attached hydrogens (tertiary/aromatic N) is 1. The number of benzene rings is 1. The van der Waals surface area contributed by atoms with Crippen molar-refractivity contribution in [3.8, 4) is 0 Å². The maximum Gasteiger partial charge on any atom is 0.307 e. The van der Waals surface area contributed by atoms with Crippen LogP contribution in [0.5, 0.6) is 0 Å². The molecule has 0 radical (unpaired) electrons. The van der Waals surface area contributed by atoms with E-state index in [9.17, 15) is 14.7 Å². The summed E-state index contributed by atoms with van der Waals surface area (Å²) in [5, 5.41) is 9.32. The highest BCUT2D eigenvalue weighted by atomic mass is 16.4. The summed E-state index contributed by atoms with van der Waals surface area (Å²) in [6, 6.07) is 9.76. The van der Waals surface area contributed by atoms with Crippen molar-refractivity contribution in [2.24, 2.45) is 17.8 Å². The monoisotopic (exact) mass is 289 g/mol. The lowest BCUT2D eigenvalue weighted by Gasteiger charge is -2.29. The maximum absolute atomic E-state index is 12.7. The first-order valence-corrected chi connectivity index (χ1v) is 7.46. The third-order valence-electron chi connectivity index (χ3n) is 4.64. The number of rotatable bonds is 4. The molecule has 4 heteroatoms. The summed E-state index contributed by atoms with van der Waals surface area (Å²) in [5.74, 6) is -1.55. The molecular weight excluding hydrogens is 266 g/mol. The molecule has 114 valence electrons. The number of aliphatic carboxylic acids is 1. The van der Waals surface area contributed by atoms with Gasteiger partial charge in [-0.25, -0.2) is 0 Å². The Morgan fingerprint density at radius 1 is 1.19 bits per heavy atom. The molecule has 1 saturated carbocycles. The Bertz CT molecular complexity index is 514. The lowest BCUT2D eigenvalue weighted by molar-refractivity contribution is -0.149. The van der Waals surface area contributed by atoms with Crippen molar-refractivity contribution in [1.29, 1.82) is 0 Å². The second kappa shape index (κ2) is 6.29. The van der Waals surface area contributed by atoms with Gasteiger partial charge in [0.2, 0.25) is 5.91 Å². The third kappa shape index (κ3) is 3.26. The molecule has 21 heavy (non-hydrogen) atoms. The Morgan fingerprint density at radius 3 is 2.33 bits per heavy atom. The maximum atomic E-state index is 12.7. The van der Waals surface area contributed by atoms with Crippen LogP contribution in [0.1, 0.15) is 38.3 Å². The van der Waals surface area contributed by atoms with Crippen LogP contribution in [0.15, 0.2) is 30.3 Å². The molecular formula is C17H23NO3. The van der Waals surface area contributed by atoms with Crippen LogP contribution in [0.2, 0.25) is 0 Å². The molecule has 0 bridgehead atoms. The van der Waals surface area contributed by atoms with Gasteiger partial charge in [0.1, 0.15) is 0 Å². The number of carbonyl (C=O) groups is 2. The zero-order valence-electron chi connectivity index (χ0n) is 12.8. The molecule has 1 aliphatic carbocycles. The van der Waals surface area contributed by atoms with Crippen molar-refractivity contribution >= 4 is 11.9 Å². The summed E-state index contributed by atoms with van der Waals surface area (Å²) in [6.07, 6.45) is 1.26. The molecule has 4 atom stereocenters. The Balaban J connectivity index is 2.13. The van der Waals surface area contributed by atoms with Gasteiger partial charge in [-0.2, -0.15) is 0 Å². The van der Waals surface area contributed by atoms with E-state index in [1.54, 1.807) is 11.9 Å². The van der Waals surface area contributed by atoms with Crippen molar-refractivity contribution in [1.82, 2.24) is 4.90 Å². The molecule has 1 amide bonds. The van der Waals surface area contributed by atoms with Crippen molar-refractivity contribution in [2.45, 2.75) is 32.7 Å². The molecule has 0 heterocycles. The van der Waals surface area contributed by atoms with Gasteiger partial charge >= 0.3 is 5.97 Å². The van der Waals surface area contributed by atoms with Crippen LogP contribution in [-0.2, 0) is 9.59 Å². The highest BCUT2D eigenvalue weighted by Gasteiger charge is 2.42. The summed E-state index contributed by atoms with van der Waals surface area (Å²) < 4.78 is 0. The fraction of sp³-hybridized carbons (Fsp3) is 0.529. The molecule has 1 aliphatic rings. The first-order chi connectivity index (χ1) is 9.91. The Hall–Kier alpha value is -1.84. The van der Waals surface area contributed by atoms with E-state index in [1.807, 2.05) is 44.2 Å². The average Bonchev–Trinajstić information content (AvgIpc) is 2.88. The molecule has 1 aromatic carbocycles. The van der Waals surface area contributed by atoms with Crippen molar-refractivity contribution in [3.05, 3.63) is 35.9 Å². The molecule has 1 fully saturated rings. The van der Waals surface area contributed by atoms with E-state index in [1.165, 1.54) is 0 Å². The van der Waals surface area contributed by atoms with Crippen molar-refractivity contribution in [3.63, 3.8) is 0 Å². The molecule has 4 nitrogen and oxygen atoms in total. The highest BCUT2D eigenvalue weighted by molar-refractivity contribution is 5.85. The largest absolute Gasteiger partial charge is 0.481 e. The minimum Gasteiger partial charge on any atom is -0.481 e. The first kappa shape index (κ1) is 15.5. The van der Waals surface area contributed by atoms with E-state index >= 15 is 0 Å². The van der Waals surface area contributed by atoms with Crippen molar-refractivity contribution < 1.29 is 14.7 Å². The summed E-state index contributed by atoms with van der Waals surface area (Å²) in [6.45, 7) is 3.99. The predicted molar refractivity (Wildman–Crippen MR) is 80.6 cm³/mol. The third-order valence-corrected chi connectivity index (χ3v) is 4.64. The Kier molecular flexibility index (Phi) is 4.66. The average molecular weight is 289 g/mol. The van der Waals surface area contributed by atoms with Gasteiger partial charge in [0.25, 0.3) is 0 Å². The van der Waals surface area contributed by atoms with Crippen LogP contribution in [0.4, 0.5) is 0 Å². The molecule has 0 spiro atoms. The van der Waals surface area contributed by atoms with Crippen molar-refractivity contribution in [2.75, 3.05) is 7.05 Å². The summed E-state index contributed by atoms with van der Waals surface area (Å²) in [4.78, 5) is 25.7. The van der Waals surface area contributed by atoms with E-state index in [2.05, 4.69) is 0 Å². The zero-order chi connectivity index (χ0) is 15.6.